The molecule has 3 rings (SSSR count). The molecular weight excluding hydrogens is 274 g/mol. The van der Waals surface area contributed by atoms with Crippen LogP contribution < -0.4 is 5.73 Å². The molecule has 0 spiro atoms. The molecule has 6 heteroatoms. The van der Waals surface area contributed by atoms with Crippen LogP contribution in [0.2, 0.25) is 0 Å². The van der Waals surface area contributed by atoms with Gasteiger partial charge in [0, 0.05) is 18.2 Å². The fourth-order valence-corrected chi connectivity index (χ4v) is 2.07. The summed E-state index contributed by atoms with van der Waals surface area (Å²) in [5.74, 6) is -0.345. The largest absolute Gasteiger partial charge is 0.382 e. The summed E-state index contributed by atoms with van der Waals surface area (Å²) < 4.78 is 27.5. The number of nitrogens with zero attached hydrogens (tertiary/aromatic N) is 3. The van der Waals surface area contributed by atoms with Gasteiger partial charge in [-0.25, -0.2) is 13.5 Å². The van der Waals surface area contributed by atoms with Gasteiger partial charge in [-0.3, -0.25) is 4.98 Å². The molecule has 2 N–H and O–H groups in total. The zero-order valence-electron chi connectivity index (χ0n) is 11.0. The van der Waals surface area contributed by atoms with Gasteiger partial charge in [0.1, 0.15) is 17.5 Å². The molecule has 0 bridgehead atoms. The molecule has 0 radical (unpaired) electrons. The van der Waals surface area contributed by atoms with Crippen LogP contribution in [0.5, 0.6) is 0 Å². The Morgan fingerprint density at radius 2 is 1.71 bits per heavy atom. The highest BCUT2D eigenvalue weighted by atomic mass is 19.1. The van der Waals surface area contributed by atoms with Crippen LogP contribution >= 0.6 is 0 Å². The first-order valence-corrected chi connectivity index (χ1v) is 6.32. The Morgan fingerprint density at radius 1 is 1.00 bits per heavy atom. The van der Waals surface area contributed by atoms with Gasteiger partial charge in [-0.2, -0.15) is 5.10 Å². The van der Waals surface area contributed by atoms with E-state index in [1.54, 1.807) is 28.9 Å². The second kappa shape index (κ2) is 5.32. The molecule has 0 saturated heterocycles. The highest BCUT2D eigenvalue weighted by Gasteiger charge is 2.10. The highest BCUT2D eigenvalue weighted by molar-refractivity contribution is 5.40. The van der Waals surface area contributed by atoms with E-state index >= 15 is 0 Å². The van der Waals surface area contributed by atoms with Crippen LogP contribution in [0.1, 0.15) is 11.4 Å². The average Bonchev–Trinajstić information content (AvgIpc) is 2.83. The van der Waals surface area contributed by atoms with Crippen molar-refractivity contribution in [1.29, 1.82) is 0 Å². The van der Waals surface area contributed by atoms with Crippen molar-refractivity contribution in [1.82, 2.24) is 14.8 Å². The molecule has 3 aromatic rings. The molecular formula is C15H12F2N4. The van der Waals surface area contributed by atoms with Crippen molar-refractivity contribution in [2.24, 2.45) is 0 Å². The molecule has 1 aromatic carbocycles. The van der Waals surface area contributed by atoms with Crippen molar-refractivity contribution in [2.75, 3.05) is 5.73 Å². The summed E-state index contributed by atoms with van der Waals surface area (Å²) in [5, 5.41) is 4.19. The third-order valence-electron chi connectivity index (χ3n) is 3.02. The first-order valence-electron chi connectivity index (χ1n) is 6.32. The van der Waals surface area contributed by atoms with E-state index in [1.165, 1.54) is 18.2 Å². The summed E-state index contributed by atoms with van der Waals surface area (Å²) in [4.78, 5) is 4.01. The lowest BCUT2D eigenvalue weighted by molar-refractivity contribution is 0.619. The summed E-state index contributed by atoms with van der Waals surface area (Å²) in [6.45, 7) is 0. The van der Waals surface area contributed by atoms with Crippen molar-refractivity contribution in [2.45, 2.75) is 6.42 Å². The standard InChI is InChI=1S/C15H12F2N4/c16-10-2-5-13(6-3-10)21-14(8-15(18)20-21)7-12-4-1-11(17)9-19-12/h1-6,8-9H,7H2,(H2,18,20). The number of halogens is 2. The van der Waals surface area contributed by atoms with E-state index in [0.717, 1.165) is 11.9 Å². The zero-order chi connectivity index (χ0) is 14.8. The lowest BCUT2D eigenvalue weighted by Crippen LogP contribution is -2.04. The summed E-state index contributed by atoms with van der Waals surface area (Å²) in [6.07, 6.45) is 1.61. The molecule has 21 heavy (non-hydrogen) atoms. The van der Waals surface area contributed by atoms with Crippen molar-refractivity contribution in [3.63, 3.8) is 0 Å². The second-order valence-electron chi connectivity index (χ2n) is 4.59. The minimum absolute atomic E-state index is 0.319. The maximum Gasteiger partial charge on any atom is 0.146 e. The van der Waals surface area contributed by atoms with Gasteiger partial charge >= 0.3 is 0 Å². The molecule has 0 fully saturated rings. The number of nitrogen functional groups attached to an aromatic ring is 1. The number of hydrogen-bond acceptors (Lipinski definition) is 3. The van der Waals surface area contributed by atoms with Crippen LogP contribution in [0.4, 0.5) is 14.6 Å². The molecule has 0 saturated carbocycles. The van der Waals surface area contributed by atoms with Gasteiger partial charge < -0.3 is 5.73 Å². The predicted octanol–water partition coefficient (Wildman–Crippen LogP) is 2.72. The quantitative estimate of drug-likeness (QED) is 0.805. The second-order valence-corrected chi connectivity index (χ2v) is 4.59. The number of nitrogens with two attached hydrogens (primary N) is 1. The van der Waals surface area contributed by atoms with Crippen molar-refractivity contribution < 1.29 is 8.78 Å². The number of aromatic nitrogens is 3. The van der Waals surface area contributed by atoms with Crippen molar-refractivity contribution >= 4 is 5.82 Å². The van der Waals surface area contributed by atoms with E-state index in [1.807, 2.05) is 0 Å². The maximum atomic E-state index is 13.0. The van der Waals surface area contributed by atoms with Gasteiger partial charge in [0.25, 0.3) is 0 Å². The third kappa shape index (κ3) is 2.89. The SMILES string of the molecule is Nc1cc(Cc2ccc(F)cn2)n(-c2ccc(F)cc2)n1. The molecule has 0 atom stereocenters. The van der Waals surface area contributed by atoms with E-state index in [2.05, 4.69) is 10.1 Å². The van der Waals surface area contributed by atoms with Crippen LogP contribution in [-0.2, 0) is 6.42 Å². The van der Waals surface area contributed by atoms with E-state index in [4.69, 9.17) is 5.73 Å². The topological polar surface area (TPSA) is 56.7 Å². The van der Waals surface area contributed by atoms with Gasteiger partial charge in [-0.15, -0.1) is 0 Å². The summed E-state index contributed by atoms with van der Waals surface area (Å²) in [7, 11) is 0. The first kappa shape index (κ1) is 13.2. The third-order valence-corrected chi connectivity index (χ3v) is 3.02. The van der Waals surface area contributed by atoms with Gasteiger partial charge in [-0.05, 0) is 36.4 Å². The smallest absolute Gasteiger partial charge is 0.146 e. The van der Waals surface area contributed by atoms with Crippen LogP contribution in [0.25, 0.3) is 5.69 Å². The van der Waals surface area contributed by atoms with Gasteiger partial charge in [0.2, 0.25) is 0 Å². The van der Waals surface area contributed by atoms with Gasteiger partial charge in [0.05, 0.1) is 17.6 Å². The van der Waals surface area contributed by atoms with E-state index in [-0.39, 0.29) is 11.6 Å². The number of rotatable bonds is 3. The molecule has 0 amide bonds. The molecule has 2 heterocycles. The molecule has 0 aliphatic heterocycles. The minimum atomic E-state index is -0.384. The van der Waals surface area contributed by atoms with Crippen molar-refractivity contribution in [3.05, 3.63) is 71.7 Å². The summed E-state index contributed by atoms with van der Waals surface area (Å²) in [5.41, 5.74) is 7.92. The van der Waals surface area contributed by atoms with Crippen molar-refractivity contribution in [3.8, 4) is 5.69 Å². The fraction of sp³-hybridized carbons (Fsp3) is 0.0667. The minimum Gasteiger partial charge on any atom is -0.382 e. The monoisotopic (exact) mass is 286 g/mol. The Morgan fingerprint density at radius 3 is 2.38 bits per heavy atom. The predicted molar refractivity (Wildman–Crippen MR) is 74.9 cm³/mol. The van der Waals surface area contributed by atoms with E-state index in [0.29, 0.717) is 23.6 Å². The lowest BCUT2D eigenvalue weighted by Gasteiger charge is -2.07. The fourth-order valence-electron chi connectivity index (χ4n) is 2.07. The van der Waals surface area contributed by atoms with Gasteiger partial charge in [-0.1, -0.05) is 0 Å². The Kier molecular flexibility index (Phi) is 3.35. The first-order chi connectivity index (χ1) is 10.1. The summed E-state index contributed by atoms with van der Waals surface area (Å²) >= 11 is 0. The number of pyridine rings is 1. The normalized spacial score (nSPS) is 10.8. The molecule has 2 aromatic heterocycles. The Hall–Kier alpha value is -2.76. The summed E-state index contributed by atoms with van der Waals surface area (Å²) in [6, 6.07) is 10.6. The molecule has 4 nitrogen and oxygen atoms in total. The van der Waals surface area contributed by atoms with Crippen LogP contribution in [0, 0.1) is 11.6 Å². The Balaban J connectivity index is 1.95. The number of hydrogen-bond donors (Lipinski definition) is 1. The Labute approximate surface area is 119 Å². The lowest BCUT2D eigenvalue weighted by atomic mass is 10.2. The Bertz CT molecular complexity index is 748. The van der Waals surface area contributed by atoms with E-state index in [9.17, 15) is 8.78 Å². The molecule has 0 aliphatic rings. The number of anilines is 1. The van der Waals surface area contributed by atoms with Crippen LogP contribution in [0.15, 0.2) is 48.7 Å². The molecule has 0 unspecified atom stereocenters. The van der Waals surface area contributed by atoms with Crippen LogP contribution in [0.3, 0.4) is 0 Å². The zero-order valence-corrected chi connectivity index (χ0v) is 11.0. The van der Waals surface area contributed by atoms with E-state index < -0.39 is 0 Å². The number of benzene rings is 1. The molecule has 106 valence electrons. The molecule has 0 aliphatic carbocycles. The van der Waals surface area contributed by atoms with Gasteiger partial charge in [0.15, 0.2) is 0 Å². The highest BCUT2D eigenvalue weighted by Crippen LogP contribution is 2.17. The average molecular weight is 286 g/mol. The van der Waals surface area contributed by atoms with Crippen LogP contribution in [-0.4, -0.2) is 14.8 Å². The maximum absolute atomic E-state index is 13.0.